The molecule has 0 N–H and O–H groups in total. The van der Waals surface area contributed by atoms with Crippen molar-refractivity contribution in [2.45, 2.75) is 19.9 Å². The maximum absolute atomic E-state index is 12.9. The normalized spacial score (nSPS) is 16.3. The number of rotatable bonds is 3. The zero-order valence-electron chi connectivity index (χ0n) is 13.0. The molecule has 3 rings (SSSR count). The second-order valence-electron chi connectivity index (χ2n) is 5.65. The average Bonchev–Trinajstić information content (AvgIpc) is 2.86. The summed E-state index contributed by atoms with van der Waals surface area (Å²) in [5, 5.41) is 3.95. The highest BCUT2D eigenvalue weighted by molar-refractivity contribution is 5.73. The van der Waals surface area contributed by atoms with E-state index >= 15 is 0 Å². The van der Waals surface area contributed by atoms with E-state index < -0.39 is 0 Å². The van der Waals surface area contributed by atoms with Crippen LogP contribution >= 0.6 is 0 Å². The second kappa shape index (κ2) is 6.87. The van der Waals surface area contributed by atoms with E-state index in [1.165, 1.54) is 12.1 Å². The largest absolute Gasteiger partial charge is 0.342 e. The SMILES string of the molecule is CC(=O)N1CCCN(Cc2nc(-c3ccc(F)cc3)no2)CC1. The molecule has 2 heterocycles. The van der Waals surface area contributed by atoms with Crippen molar-refractivity contribution in [2.75, 3.05) is 26.2 Å². The molecule has 0 saturated carbocycles. The van der Waals surface area contributed by atoms with E-state index in [2.05, 4.69) is 15.0 Å². The number of carbonyl (C=O) groups is 1. The first-order valence-corrected chi connectivity index (χ1v) is 7.68. The number of amides is 1. The summed E-state index contributed by atoms with van der Waals surface area (Å²) in [6.45, 7) is 5.33. The minimum Gasteiger partial charge on any atom is -0.342 e. The van der Waals surface area contributed by atoms with Gasteiger partial charge in [-0.3, -0.25) is 9.69 Å². The van der Waals surface area contributed by atoms with E-state index in [0.717, 1.165) is 31.6 Å². The van der Waals surface area contributed by atoms with Crippen molar-refractivity contribution >= 4 is 5.91 Å². The zero-order chi connectivity index (χ0) is 16.2. The van der Waals surface area contributed by atoms with Crippen LogP contribution in [0.25, 0.3) is 11.4 Å². The Kier molecular flexibility index (Phi) is 4.66. The topological polar surface area (TPSA) is 62.5 Å². The van der Waals surface area contributed by atoms with Crippen LogP contribution in [0.4, 0.5) is 4.39 Å². The molecule has 1 fully saturated rings. The smallest absolute Gasteiger partial charge is 0.241 e. The third kappa shape index (κ3) is 3.92. The van der Waals surface area contributed by atoms with E-state index in [9.17, 15) is 9.18 Å². The Bertz CT molecular complexity index is 671. The highest BCUT2D eigenvalue weighted by Gasteiger charge is 2.18. The van der Waals surface area contributed by atoms with Crippen molar-refractivity contribution < 1.29 is 13.7 Å². The summed E-state index contributed by atoms with van der Waals surface area (Å²) in [5.74, 6) is 0.807. The van der Waals surface area contributed by atoms with E-state index in [1.54, 1.807) is 19.1 Å². The number of halogens is 1. The van der Waals surface area contributed by atoms with Gasteiger partial charge in [0.1, 0.15) is 5.82 Å². The predicted molar refractivity (Wildman–Crippen MR) is 81.8 cm³/mol. The van der Waals surface area contributed by atoms with Gasteiger partial charge in [-0.2, -0.15) is 4.98 Å². The molecule has 1 saturated heterocycles. The van der Waals surface area contributed by atoms with Gasteiger partial charge in [-0.25, -0.2) is 4.39 Å². The number of benzene rings is 1. The number of aromatic nitrogens is 2. The first kappa shape index (κ1) is 15.6. The molecule has 1 amide bonds. The summed E-state index contributed by atoms with van der Waals surface area (Å²) in [4.78, 5) is 19.9. The number of hydrogen-bond acceptors (Lipinski definition) is 5. The third-order valence-electron chi connectivity index (χ3n) is 3.96. The molecule has 6 nitrogen and oxygen atoms in total. The number of nitrogens with zero attached hydrogens (tertiary/aromatic N) is 4. The molecule has 0 aliphatic carbocycles. The van der Waals surface area contributed by atoms with Gasteiger partial charge in [0.2, 0.25) is 17.6 Å². The van der Waals surface area contributed by atoms with E-state index in [-0.39, 0.29) is 11.7 Å². The zero-order valence-corrected chi connectivity index (χ0v) is 13.0. The van der Waals surface area contributed by atoms with Gasteiger partial charge in [0.25, 0.3) is 0 Å². The molecule has 2 aromatic rings. The van der Waals surface area contributed by atoms with Crippen molar-refractivity contribution in [1.29, 1.82) is 0 Å². The lowest BCUT2D eigenvalue weighted by molar-refractivity contribution is -0.128. The standard InChI is InChI=1S/C16H19FN4O2/c1-12(22)21-8-2-7-20(9-10-21)11-15-18-16(19-23-15)13-3-5-14(17)6-4-13/h3-6H,2,7-11H2,1H3. The molecule has 7 heteroatoms. The Morgan fingerprint density at radius 3 is 2.74 bits per heavy atom. The molecule has 0 radical (unpaired) electrons. The monoisotopic (exact) mass is 318 g/mol. The molecule has 1 aromatic heterocycles. The van der Waals surface area contributed by atoms with Crippen LogP contribution in [0.5, 0.6) is 0 Å². The van der Waals surface area contributed by atoms with E-state index in [0.29, 0.717) is 24.8 Å². The van der Waals surface area contributed by atoms with Gasteiger partial charge in [-0.15, -0.1) is 0 Å². The summed E-state index contributed by atoms with van der Waals surface area (Å²) in [5.41, 5.74) is 0.722. The lowest BCUT2D eigenvalue weighted by Gasteiger charge is -2.19. The van der Waals surface area contributed by atoms with Gasteiger partial charge in [0.05, 0.1) is 6.54 Å². The Labute approximate surface area is 133 Å². The Hall–Kier alpha value is -2.28. The van der Waals surface area contributed by atoms with Gasteiger partial charge in [0.15, 0.2) is 0 Å². The molecule has 1 aliphatic heterocycles. The first-order valence-electron chi connectivity index (χ1n) is 7.68. The average molecular weight is 318 g/mol. The van der Waals surface area contributed by atoms with Gasteiger partial charge >= 0.3 is 0 Å². The van der Waals surface area contributed by atoms with Gasteiger partial charge < -0.3 is 9.42 Å². The van der Waals surface area contributed by atoms with Crippen molar-refractivity contribution in [1.82, 2.24) is 19.9 Å². The summed E-state index contributed by atoms with van der Waals surface area (Å²) < 4.78 is 18.2. The van der Waals surface area contributed by atoms with Gasteiger partial charge in [-0.05, 0) is 30.7 Å². The molecular formula is C16H19FN4O2. The van der Waals surface area contributed by atoms with Crippen LogP contribution in [0.15, 0.2) is 28.8 Å². The third-order valence-corrected chi connectivity index (χ3v) is 3.96. The van der Waals surface area contributed by atoms with Crippen molar-refractivity contribution in [2.24, 2.45) is 0 Å². The highest BCUT2D eigenvalue weighted by Crippen LogP contribution is 2.17. The molecule has 0 atom stereocenters. The summed E-state index contributed by atoms with van der Waals surface area (Å²) in [7, 11) is 0. The molecular weight excluding hydrogens is 299 g/mol. The molecule has 0 unspecified atom stereocenters. The minimum absolute atomic E-state index is 0.114. The molecule has 1 aromatic carbocycles. The lowest BCUT2D eigenvalue weighted by Crippen LogP contribution is -2.33. The minimum atomic E-state index is -0.294. The predicted octanol–water partition coefficient (Wildman–Crippen LogP) is 1.93. The first-order chi connectivity index (χ1) is 11.1. The molecule has 23 heavy (non-hydrogen) atoms. The Balaban J connectivity index is 1.62. The lowest BCUT2D eigenvalue weighted by atomic mass is 10.2. The number of hydrogen-bond donors (Lipinski definition) is 0. The summed E-state index contributed by atoms with van der Waals surface area (Å²) >= 11 is 0. The van der Waals surface area contributed by atoms with Crippen LogP contribution in [0.3, 0.4) is 0 Å². The van der Waals surface area contributed by atoms with Crippen molar-refractivity contribution in [3.8, 4) is 11.4 Å². The van der Waals surface area contributed by atoms with E-state index in [1.807, 2.05) is 4.90 Å². The summed E-state index contributed by atoms with van der Waals surface area (Å²) in [6, 6.07) is 5.99. The molecule has 1 aliphatic rings. The van der Waals surface area contributed by atoms with Crippen LogP contribution in [-0.2, 0) is 11.3 Å². The number of carbonyl (C=O) groups excluding carboxylic acids is 1. The van der Waals surface area contributed by atoms with Gasteiger partial charge in [-0.1, -0.05) is 5.16 Å². The highest BCUT2D eigenvalue weighted by atomic mass is 19.1. The van der Waals surface area contributed by atoms with Gasteiger partial charge in [0, 0.05) is 38.7 Å². The van der Waals surface area contributed by atoms with Crippen molar-refractivity contribution in [3.05, 3.63) is 36.0 Å². The van der Waals surface area contributed by atoms with Crippen LogP contribution in [0, 0.1) is 5.82 Å². The molecule has 0 spiro atoms. The second-order valence-corrected chi connectivity index (χ2v) is 5.65. The van der Waals surface area contributed by atoms with Crippen LogP contribution < -0.4 is 0 Å². The molecule has 0 bridgehead atoms. The van der Waals surface area contributed by atoms with Crippen LogP contribution in [0.2, 0.25) is 0 Å². The Morgan fingerprint density at radius 1 is 1.22 bits per heavy atom. The van der Waals surface area contributed by atoms with Crippen LogP contribution in [0.1, 0.15) is 19.2 Å². The maximum atomic E-state index is 12.9. The van der Waals surface area contributed by atoms with E-state index in [4.69, 9.17) is 4.52 Å². The quantitative estimate of drug-likeness (QED) is 0.865. The Morgan fingerprint density at radius 2 is 2.00 bits per heavy atom. The fourth-order valence-electron chi connectivity index (χ4n) is 2.67. The van der Waals surface area contributed by atoms with Crippen LogP contribution in [-0.4, -0.2) is 52.0 Å². The fraction of sp³-hybridized carbons (Fsp3) is 0.438. The maximum Gasteiger partial charge on any atom is 0.241 e. The fourth-order valence-corrected chi connectivity index (χ4v) is 2.67. The van der Waals surface area contributed by atoms with Crippen molar-refractivity contribution in [3.63, 3.8) is 0 Å². The summed E-state index contributed by atoms with van der Waals surface area (Å²) in [6.07, 6.45) is 0.929. The molecule has 122 valence electrons.